The van der Waals surface area contributed by atoms with Gasteiger partial charge < -0.3 is 20.5 Å². The highest BCUT2D eigenvalue weighted by molar-refractivity contribution is 7.92. The molecule has 3 fully saturated rings. The summed E-state index contributed by atoms with van der Waals surface area (Å²) in [5.74, 6) is -6.77. The van der Waals surface area contributed by atoms with Crippen LogP contribution >= 0.6 is 0 Å². The summed E-state index contributed by atoms with van der Waals surface area (Å²) >= 11 is 0. The smallest absolute Gasteiger partial charge is 0.487 e. The fourth-order valence-corrected chi connectivity index (χ4v) is 7.41. The lowest BCUT2D eigenvalue weighted by molar-refractivity contribution is -0.143. The molecule has 3 N–H and O–H groups in total. The van der Waals surface area contributed by atoms with Crippen LogP contribution in [0.5, 0.6) is 5.75 Å². The number of sulfone groups is 1. The van der Waals surface area contributed by atoms with Crippen molar-refractivity contribution in [3.8, 4) is 5.75 Å². The van der Waals surface area contributed by atoms with Gasteiger partial charge in [-0.1, -0.05) is 6.07 Å². The van der Waals surface area contributed by atoms with Crippen LogP contribution in [0.25, 0.3) is 0 Å². The number of carboxylic acids is 1. The third-order valence-electron chi connectivity index (χ3n) is 8.82. The number of rotatable bonds is 8. The minimum Gasteiger partial charge on any atom is -0.487 e. The summed E-state index contributed by atoms with van der Waals surface area (Å²) in [6, 6.07) is 4.42. The Bertz CT molecular complexity index is 1570. The Morgan fingerprint density at radius 2 is 1.59 bits per heavy atom. The van der Waals surface area contributed by atoms with Gasteiger partial charge in [0, 0.05) is 17.8 Å². The first kappa shape index (κ1) is 31.7. The van der Waals surface area contributed by atoms with E-state index in [-0.39, 0.29) is 23.3 Å². The van der Waals surface area contributed by atoms with E-state index in [1.54, 1.807) is 0 Å². The second-order valence-corrected chi connectivity index (χ2v) is 13.5. The first-order valence-corrected chi connectivity index (χ1v) is 15.6. The third-order valence-corrected chi connectivity index (χ3v) is 10.3. The van der Waals surface area contributed by atoms with Crippen molar-refractivity contribution < 1.29 is 54.6 Å². The largest absolute Gasteiger partial charge is 0.501 e. The predicted octanol–water partition coefficient (Wildman–Crippen LogP) is 5.06. The number of hydrogen-bond donors (Lipinski definition) is 3. The van der Waals surface area contributed by atoms with Crippen LogP contribution in [0.3, 0.4) is 0 Å². The molecule has 0 heterocycles. The average Bonchev–Trinajstić information content (AvgIpc) is 3.56. The fourth-order valence-electron chi connectivity index (χ4n) is 6.61. The van der Waals surface area contributed by atoms with Crippen molar-refractivity contribution in [3.63, 3.8) is 0 Å². The molecule has 3 saturated carbocycles. The van der Waals surface area contributed by atoms with E-state index in [4.69, 9.17) is 9.84 Å². The molecule has 2 aromatic rings. The molecule has 0 aromatic heterocycles. The Kier molecular flexibility index (Phi) is 8.62. The highest BCUT2D eigenvalue weighted by Crippen LogP contribution is 2.49. The number of carboxylic acid groups (broad SMARTS) is 1. The normalized spacial score (nSPS) is 26.7. The zero-order valence-electron chi connectivity index (χ0n) is 23.1. The van der Waals surface area contributed by atoms with Gasteiger partial charge in [0.2, 0.25) is 5.91 Å². The minimum absolute atomic E-state index is 0.153. The lowest BCUT2D eigenvalue weighted by atomic mass is 9.83. The number of anilines is 1. The van der Waals surface area contributed by atoms with E-state index in [2.05, 4.69) is 10.6 Å². The van der Waals surface area contributed by atoms with E-state index in [1.807, 2.05) is 0 Å². The SMILES string of the molecule is O=C(N[C@@H]1[C@H]2CC[C@H](C2)[C@@H]1C(=O)Nc1cccc(S(=O)(=O)C(F)(F)F)c1)c1cc(OC2CCC(C(=O)O)CC2)c(F)cc1F. The first-order valence-electron chi connectivity index (χ1n) is 14.1. The number of hydrogen-bond acceptors (Lipinski definition) is 6. The predicted molar refractivity (Wildman–Crippen MR) is 144 cm³/mol. The van der Waals surface area contributed by atoms with Gasteiger partial charge in [-0.15, -0.1) is 0 Å². The van der Waals surface area contributed by atoms with Crippen LogP contribution in [-0.2, 0) is 19.4 Å². The van der Waals surface area contributed by atoms with Gasteiger partial charge in [0.15, 0.2) is 11.6 Å². The van der Waals surface area contributed by atoms with Gasteiger partial charge in [0.1, 0.15) is 5.82 Å². The van der Waals surface area contributed by atoms with Crippen molar-refractivity contribution >= 4 is 33.3 Å². The number of halogens is 5. The Morgan fingerprint density at radius 3 is 2.25 bits per heavy atom. The standard InChI is InChI=1S/C29H29F5N2O7S/c30-21-13-22(31)23(43-18-8-6-14(7-9-18)28(39)40)12-20(21)26(37)36-25-16-5-4-15(10-16)24(25)27(38)35-17-2-1-3-19(11-17)44(41,42)29(32,33)34/h1-3,11-16,18,24-25H,4-10H2,(H,35,38)(H,36,37)(H,39,40)/t14?,15-,16+,18?,24+,25-/m1/s1. The molecule has 2 amide bonds. The zero-order chi connectivity index (χ0) is 32.0. The van der Waals surface area contributed by atoms with Gasteiger partial charge in [-0.3, -0.25) is 14.4 Å². The van der Waals surface area contributed by atoms with E-state index < -0.39 is 79.2 Å². The maximum absolute atomic E-state index is 14.8. The molecule has 0 saturated heterocycles. The maximum atomic E-state index is 14.8. The second kappa shape index (κ2) is 12.0. The Hall–Kier alpha value is -3.75. The van der Waals surface area contributed by atoms with Crippen LogP contribution < -0.4 is 15.4 Å². The Labute approximate surface area is 249 Å². The average molecular weight is 645 g/mol. The van der Waals surface area contributed by atoms with E-state index >= 15 is 0 Å². The molecule has 0 spiro atoms. The molecule has 4 atom stereocenters. The van der Waals surface area contributed by atoms with Crippen LogP contribution in [0.4, 0.5) is 27.6 Å². The lowest BCUT2D eigenvalue weighted by Crippen LogP contribution is -2.48. The zero-order valence-corrected chi connectivity index (χ0v) is 23.9. The minimum atomic E-state index is -5.65. The van der Waals surface area contributed by atoms with Gasteiger partial charge in [-0.25, -0.2) is 17.2 Å². The van der Waals surface area contributed by atoms with E-state index in [9.17, 15) is 44.8 Å². The summed E-state index contributed by atoms with van der Waals surface area (Å²) in [6.45, 7) is 0. The summed E-state index contributed by atoms with van der Waals surface area (Å²) in [6.07, 6.45) is 2.67. The molecule has 0 aliphatic heterocycles. The fraction of sp³-hybridized carbons (Fsp3) is 0.483. The van der Waals surface area contributed by atoms with Crippen molar-refractivity contribution in [1.82, 2.24) is 5.32 Å². The molecule has 44 heavy (non-hydrogen) atoms. The quantitative estimate of drug-likeness (QED) is 0.342. The number of ether oxygens (including phenoxy) is 1. The molecule has 3 aliphatic carbocycles. The molecule has 15 heteroatoms. The molecule has 0 unspecified atom stereocenters. The van der Waals surface area contributed by atoms with E-state index in [1.165, 1.54) is 6.07 Å². The molecule has 2 bridgehead atoms. The highest BCUT2D eigenvalue weighted by Gasteiger charge is 2.52. The van der Waals surface area contributed by atoms with Gasteiger partial charge >= 0.3 is 11.5 Å². The van der Waals surface area contributed by atoms with Crippen LogP contribution in [-0.4, -0.2) is 49.0 Å². The number of aliphatic carboxylic acids is 1. The highest BCUT2D eigenvalue weighted by atomic mass is 32.2. The number of amides is 2. The Morgan fingerprint density at radius 1 is 0.909 bits per heavy atom. The summed E-state index contributed by atoms with van der Waals surface area (Å²) in [5, 5.41) is 14.3. The molecule has 0 radical (unpaired) electrons. The summed E-state index contributed by atoms with van der Waals surface area (Å²) < 4.78 is 97.7. The number of benzene rings is 2. The van der Waals surface area contributed by atoms with E-state index in [0.717, 1.165) is 18.2 Å². The third kappa shape index (κ3) is 6.24. The van der Waals surface area contributed by atoms with Crippen molar-refractivity contribution in [3.05, 3.63) is 53.6 Å². The summed E-state index contributed by atoms with van der Waals surface area (Å²) in [5.41, 5.74) is -6.24. The molecule has 2 aromatic carbocycles. The molecule has 3 aliphatic rings. The number of alkyl halides is 3. The lowest BCUT2D eigenvalue weighted by Gasteiger charge is -2.31. The Balaban J connectivity index is 1.30. The van der Waals surface area contributed by atoms with Crippen molar-refractivity contribution in [2.75, 3.05) is 5.32 Å². The summed E-state index contributed by atoms with van der Waals surface area (Å²) in [4.78, 5) is 36.7. The van der Waals surface area contributed by atoms with Gasteiger partial charge in [-0.2, -0.15) is 13.2 Å². The number of carbonyl (C=O) groups excluding carboxylic acids is 2. The van der Waals surface area contributed by atoms with Gasteiger partial charge in [0.05, 0.1) is 28.4 Å². The second-order valence-electron chi connectivity index (χ2n) is 11.5. The van der Waals surface area contributed by atoms with Gasteiger partial charge in [0.25, 0.3) is 15.7 Å². The molecule has 5 rings (SSSR count). The van der Waals surface area contributed by atoms with Crippen molar-refractivity contribution in [2.24, 2.45) is 23.7 Å². The monoisotopic (exact) mass is 644 g/mol. The number of carbonyl (C=O) groups is 3. The van der Waals surface area contributed by atoms with Crippen LogP contribution in [0.1, 0.15) is 55.3 Å². The summed E-state index contributed by atoms with van der Waals surface area (Å²) in [7, 11) is -5.65. The molecule has 238 valence electrons. The van der Waals surface area contributed by atoms with Crippen LogP contribution in [0.15, 0.2) is 41.3 Å². The molecule has 9 nitrogen and oxygen atoms in total. The molecular formula is C29H29F5N2O7S. The van der Waals surface area contributed by atoms with Crippen LogP contribution in [0, 0.1) is 35.3 Å². The van der Waals surface area contributed by atoms with Crippen molar-refractivity contribution in [1.29, 1.82) is 0 Å². The topological polar surface area (TPSA) is 139 Å². The van der Waals surface area contributed by atoms with Crippen LogP contribution in [0.2, 0.25) is 0 Å². The number of fused-ring (bicyclic) bond motifs is 2. The van der Waals surface area contributed by atoms with Crippen molar-refractivity contribution in [2.45, 2.75) is 67.5 Å². The van der Waals surface area contributed by atoms with E-state index in [0.29, 0.717) is 57.1 Å². The van der Waals surface area contributed by atoms with Gasteiger partial charge in [-0.05, 0) is 81.0 Å². The number of nitrogens with one attached hydrogen (secondary N) is 2. The maximum Gasteiger partial charge on any atom is 0.501 e. The molecular weight excluding hydrogens is 615 g/mol. The first-order chi connectivity index (χ1) is 20.7.